The monoisotopic (exact) mass is 1240 g/mol. The molecule has 5 atom stereocenters. The van der Waals surface area contributed by atoms with Gasteiger partial charge >= 0.3 is 11.8 Å². The summed E-state index contributed by atoms with van der Waals surface area (Å²) in [6, 6.07) is 36.7. The van der Waals surface area contributed by atoms with Crippen LogP contribution in [0.15, 0.2) is 120 Å². The van der Waals surface area contributed by atoms with E-state index in [4.69, 9.17) is 46.3 Å². The molecular weight excluding hydrogens is 1140 g/mol. The quantitative estimate of drug-likeness (QED) is 0.0141. The molecule has 4 aromatic carbocycles. The van der Waals surface area contributed by atoms with Crippen molar-refractivity contribution in [3.63, 3.8) is 0 Å². The van der Waals surface area contributed by atoms with Crippen molar-refractivity contribution in [3.05, 3.63) is 148 Å². The summed E-state index contributed by atoms with van der Waals surface area (Å²) < 4.78 is 70.5. The molecule has 1 unspecified atom stereocenters. The lowest BCUT2D eigenvalue weighted by Crippen LogP contribution is -2.50. The Morgan fingerprint density at radius 2 is 1.23 bits per heavy atom. The molecule has 5 aromatic rings. The number of carbonyl (C=O) groups excluding carboxylic acids is 1. The molecule has 1 aromatic heterocycles. The molecular formula is C66H96N5O12PSi2. The molecule has 0 saturated carbocycles. The van der Waals surface area contributed by atoms with Crippen LogP contribution in [0.2, 0.25) is 33.2 Å². The average Bonchev–Trinajstić information content (AvgIpc) is 1.28. The van der Waals surface area contributed by atoms with Gasteiger partial charge in [0, 0.05) is 23.8 Å². The van der Waals surface area contributed by atoms with Crippen LogP contribution in [-0.4, -0.2) is 102 Å². The van der Waals surface area contributed by atoms with Gasteiger partial charge in [-0.15, -0.1) is 0 Å². The number of hydrogen-bond acceptors (Lipinski definition) is 15. The minimum atomic E-state index is -2.55. The Labute approximate surface area is 515 Å². The van der Waals surface area contributed by atoms with E-state index in [1.807, 2.05) is 103 Å². The van der Waals surface area contributed by atoms with Crippen molar-refractivity contribution >= 4 is 37.1 Å². The molecule has 6 rings (SSSR count). The van der Waals surface area contributed by atoms with Crippen LogP contribution in [0, 0.1) is 11.3 Å². The number of hydrogen-bond donors (Lipinski definition) is 1. The summed E-state index contributed by atoms with van der Waals surface area (Å²) in [5, 5.41) is 12.4. The largest absolute Gasteiger partial charge is 0.542 e. The number of para-hydroxylation sites is 1. The second-order valence-corrected chi connectivity index (χ2v) is 36.7. The molecule has 86 heavy (non-hydrogen) atoms. The van der Waals surface area contributed by atoms with Crippen LogP contribution in [0.3, 0.4) is 0 Å². The number of rotatable bonds is 32. The van der Waals surface area contributed by atoms with E-state index >= 15 is 0 Å². The molecule has 0 radical (unpaired) electrons. The summed E-state index contributed by atoms with van der Waals surface area (Å²) in [6.45, 7) is 34.6. The first kappa shape index (κ1) is 69.6. The lowest BCUT2D eigenvalue weighted by Gasteiger charge is -2.42. The Bertz CT molecular complexity index is 2900. The molecule has 1 N–H and O–H groups in total. The molecule has 1 fully saturated rings. The summed E-state index contributed by atoms with van der Waals surface area (Å²) in [6.07, 6.45) is -3.40. The minimum Gasteiger partial charge on any atom is -0.542 e. The number of benzene rings is 4. The number of carbonyl (C=O) groups is 1. The standard InChI is InChI=1S/C66H96N5O12PSi2/c1-44(2)71(45(3)4)84(79-40-24-38-67)82-61-59(42-78-66(53-26-20-19-21-27-53,54-29-33-56(74-17)34-30-54)55-31-35-57(75-18)36-32-55)81-63(62(61)77-43-80-85(46(5)6,47(7)8)48(9)10)70-39-37-60(68-64(70)72)69-65(73)76-41-52-25-22-23-28-58(52)83-86(49(11)12,50(13)14)51(15)16/h19-23,25-37,39,44-51,59,61-63H,24,40-43H2,1-18H3,(H,68,69,72,73)/t59-,61-,62-,63-,84?/m1/s1. The number of nitriles is 1. The highest BCUT2D eigenvalue weighted by molar-refractivity contribution is 7.44. The number of ether oxygens (including phenoxy) is 6. The first-order valence-corrected chi connectivity index (χ1v) is 35.8. The van der Waals surface area contributed by atoms with Gasteiger partial charge in [0.25, 0.3) is 16.8 Å². The van der Waals surface area contributed by atoms with Crippen LogP contribution in [0.5, 0.6) is 17.2 Å². The van der Waals surface area contributed by atoms with E-state index in [0.717, 1.165) is 22.3 Å². The second kappa shape index (κ2) is 31.6. The molecule has 1 aliphatic heterocycles. The molecule has 0 aliphatic carbocycles. The maximum Gasteiger partial charge on any atom is 0.413 e. The highest BCUT2D eigenvalue weighted by atomic mass is 31.2. The van der Waals surface area contributed by atoms with Gasteiger partial charge in [-0.2, -0.15) is 10.2 Å². The van der Waals surface area contributed by atoms with Crippen molar-refractivity contribution in [2.45, 2.75) is 199 Å². The fraction of sp³-hybridized carbons (Fsp3) is 0.545. The van der Waals surface area contributed by atoms with Gasteiger partial charge in [-0.1, -0.05) is 156 Å². The van der Waals surface area contributed by atoms with E-state index in [9.17, 15) is 14.9 Å². The molecule has 20 heteroatoms. The summed E-state index contributed by atoms with van der Waals surface area (Å²) in [4.78, 5) is 32.8. The number of methoxy groups -OCH3 is 2. The highest BCUT2D eigenvalue weighted by Gasteiger charge is 2.53. The Morgan fingerprint density at radius 1 is 0.709 bits per heavy atom. The molecule has 0 bridgehead atoms. The normalized spacial score (nSPS) is 17.2. The third-order valence-corrected chi connectivity index (χ3v) is 30.9. The van der Waals surface area contributed by atoms with Crippen molar-refractivity contribution in [3.8, 4) is 23.3 Å². The Kier molecular flexibility index (Phi) is 25.6. The van der Waals surface area contributed by atoms with Crippen LogP contribution in [0.1, 0.15) is 146 Å². The second-order valence-electron chi connectivity index (χ2n) is 24.4. The molecule has 1 saturated heterocycles. The van der Waals surface area contributed by atoms with Gasteiger partial charge in [0.2, 0.25) is 8.32 Å². The summed E-state index contributed by atoms with van der Waals surface area (Å²) in [5.74, 6) is 1.98. The van der Waals surface area contributed by atoms with Crippen LogP contribution >= 0.6 is 8.53 Å². The number of aromatic nitrogens is 2. The lowest BCUT2D eigenvalue weighted by molar-refractivity contribution is -0.116. The average molecular weight is 1240 g/mol. The van der Waals surface area contributed by atoms with Gasteiger partial charge in [0.05, 0.1) is 39.9 Å². The summed E-state index contributed by atoms with van der Waals surface area (Å²) in [7, 11) is -3.58. The summed E-state index contributed by atoms with van der Waals surface area (Å²) >= 11 is 0. The predicted molar refractivity (Wildman–Crippen MR) is 345 cm³/mol. The minimum absolute atomic E-state index is 0.0368. The van der Waals surface area contributed by atoms with E-state index in [0.29, 0.717) is 33.9 Å². The van der Waals surface area contributed by atoms with Crippen LogP contribution in [0.25, 0.3) is 0 Å². The third kappa shape index (κ3) is 15.8. The van der Waals surface area contributed by atoms with Crippen molar-refractivity contribution in [2.24, 2.45) is 0 Å². The van der Waals surface area contributed by atoms with E-state index in [-0.39, 0.29) is 67.6 Å². The maximum atomic E-state index is 14.8. The van der Waals surface area contributed by atoms with Gasteiger partial charge in [-0.05, 0) is 114 Å². The van der Waals surface area contributed by atoms with Crippen molar-refractivity contribution in [2.75, 3.05) is 39.5 Å². The molecule has 0 spiro atoms. The van der Waals surface area contributed by atoms with Crippen LogP contribution < -0.4 is 24.9 Å². The Hall–Kier alpha value is -5.50. The summed E-state index contributed by atoms with van der Waals surface area (Å²) in [5.41, 5.74) is 2.77. The van der Waals surface area contributed by atoms with Gasteiger partial charge in [0.15, 0.2) is 6.23 Å². The Morgan fingerprint density at radius 3 is 1.73 bits per heavy atom. The predicted octanol–water partition coefficient (Wildman–Crippen LogP) is 15.7. The molecule has 17 nitrogen and oxygen atoms in total. The van der Waals surface area contributed by atoms with Gasteiger partial charge in [-0.3, -0.25) is 9.88 Å². The van der Waals surface area contributed by atoms with E-state index in [1.54, 1.807) is 14.2 Å². The van der Waals surface area contributed by atoms with Crippen molar-refractivity contribution in [1.29, 1.82) is 5.26 Å². The zero-order chi connectivity index (χ0) is 63.1. The van der Waals surface area contributed by atoms with E-state index < -0.39 is 67.1 Å². The first-order valence-electron chi connectivity index (χ1n) is 30.4. The van der Waals surface area contributed by atoms with Gasteiger partial charge < -0.3 is 46.3 Å². The van der Waals surface area contributed by atoms with Crippen LogP contribution in [0.4, 0.5) is 10.6 Å². The molecule has 470 valence electrons. The van der Waals surface area contributed by atoms with Gasteiger partial charge in [0.1, 0.15) is 60.4 Å². The van der Waals surface area contributed by atoms with Gasteiger partial charge in [-0.25, -0.2) is 14.3 Å². The number of nitrogens with one attached hydrogen (secondary N) is 1. The van der Waals surface area contributed by atoms with Crippen LogP contribution in [-0.2, 0) is 44.6 Å². The molecule has 2 heterocycles. The Balaban J connectivity index is 1.46. The fourth-order valence-corrected chi connectivity index (χ4v) is 25.3. The smallest absolute Gasteiger partial charge is 0.413 e. The first-order chi connectivity index (χ1) is 40.9. The third-order valence-electron chi connectivity index (χ3n) is 16.7. The lowest BCUT2D eigenvalue weighted by atomic mass is 9.80. The fourth-order valence-electron chi connectivity index (χ4n) is 13.0. The number of nitrogens with zero attached hydrogens (tertiary/aromatic N) is 4. The van der Waals surface area contributed by atoms with Crippen molar-refractivity contribution < 1.29 is 51.1 Å². The SMILES string of the molecule is COc1ccc(C(OC[C@H]2O[C@@H](n3ccc(NC(=O)OCc4ccccc4O[Si](C(C)C)(C(C)C)C(C)C)nc3=O)[C@H](OCO[Si](C(C)C)(C(C)C)C(C)C)[C@@H]2OP(OCCC#N)N(C(C)C)C(C)C)(c2ccccc2)c2ccc(OC)cc2)cc1. The maximum absolute atomic E-state index is 14.8. The number of amides is 1. The number of anilines is 1. The van der Waals surface area contributed by atoms with Crippen molar-refractivity contribution in [1.82, 2.24) is 14.2 Å². The van der Waals surface area contributed by atoms with E-state index in [1.165, 1.54) is 16.8 Å². The zero-order valence-electron chi connectivity index (χ0n) is 54.1. The zero-order valence-corrected chi connectivity index (χ0v) is 57.0. The van der Waals surface area contributed by atoms with E-state index in [2.05, 4.69) is 132 Å². The molecule has 1 amide bonds. The highest BCUT2D eigenvalue weighted by Crippen LogP contribution is 2.52. The topological polar surface area (TPSA) is 183 Å². The molecule has 1 aliphatic rings.